The summed E-state index contributed by atoms with van der Waals surface area (Å²) in [7, 11) is 0. The van der Waals surface area contributed by atoms with E-state index in [2.05, 4.69) is 172 Å². The summed E-state index contributed by atoms with van der Waals surface area (Å²) >= 11 is 0. The summed E-state index contributed by atoms with van der Waals surface area (Å²) < 4.78 is 7.17. The maximum atomic E-state index is 7.17. The maximum absolute atomic E-state index is 7.17. The summed E-state index contributed by atoms with van der Waals surface area (Å²) in [5.74, 6) is 1.95. The van der Waals surface area contributed by atoms with E-state index >= 15 is 0 Å². The number of benzene rings is 4. The van der Waals surface area contributed by atoms with Gasteiger partial charge in [0.05, 0.1) is 11.5 Å². The molecule has 0 amide bonds. The van der Waals surface area contributed by atoms with Crippen LogP contribution in [0.3, 0.4) is 0 Å². The van der Waals surface area contributed by atoms with Crippen molar-refractivity contribution in [3.05, 3.63) is 218 Å². The minimum absolute atomic E-state index is 0.00467. The number of allylic oxidation sites excluding steroid dienone is 14. The van der Waals surface area contributed by atoms with Crippen LogP contribution < -0.4 is 4.90 Å². The van der Waals surface area contributed by atoms with Gasteiger partial charge in [0.15, 0.2) is 0 Å². The number of rotatable bonds is 3. The molecule has 2 nitrogen and oxygen atoms in total. The Morgan fingerprint density at radius 2 is 1.35 bits per heavy atom. The Kier molecular flexibility index (Phi) is 7.35. The first kappa shape index (κ1) is 36.6. The van der Waals surface area contributed by atoms with Crippen LogP contribution in [0.15, 0.2) is 184 Å². The molecule has 14 rings (SSSR count). The molecule has 0 saturated heterocycles. The van der Waals surface area contributed by atoms with E-state index < -0.39 is 0 Å². The Labute approximate surface area is 373 Å². The second-order valence-electron chi connectivity index (χ2n) is 21.0. The van der Waals surface area contributed by atoms with Crippen LogP contribution in [0.5, 0.6) is 0 Å². The van der Waals surface area contributed by atoms with Gasteiger partial charge in [0.2, 0.25) is 0 Å². The third-order valence-corrected chi connectivity index (χ3v) is 17.5. The van der Waals surface area contributed by atoms with Crippen LogP contribution in [0.1, 0.15) is 118 Å². The third-order valence-electron chi connectivity index (χ3n) is 17.5. The Bertz CT molecular complexity index is 3070. The molecule has 0 saturated carbocycles. The molecular weight excluding hydrogens is 763 g/mol. The number of fused-ring (bicyclic) bond motifs is 16. The van der Waals surface area contributed by atoms with Gasteiger partial charge in [-0.3, -0.25) is 0 Å². The lowest BCUT2D eigenvalue weighted by Gasteiger charge is -2.40. The van der Waals surface area contributed by atoms with E-state index in [9.17, 15) is 0 Å². The highest BCUT2D eigenvalue weighted by molar-refractivity contribution is 5.95. The van der Waals surface area contributed by atoms with Gasteiger partial charge in [-0.2, -0.15) is 0 Å². The molecular formula is C61H55NO. The fraction of sp³-hybridized carbons (Fsp3) is 0.311. The molecule has 1 heterocycles. The van der Waals surface area contributed by atoms with Gasteiger partial charge < -0.3 is 9.64 Å². The summed E-state index contributed by atoms with van der Waals surface area (Å²) in [6.45, 7) is 9.79. The lowest BCUT2D eigenvalue weighted by Crippen LogP contribution is -2.35. The lowest BCUT2D eigenvalue weighted by molar-refractivity contribution is 0.165. The molecule has 0 bridgehead atoms. The van der Waals surface area contributed by atoms with Crippen molar-refractivity contribution in [2.75, 3.05) is 4.90 Å². The molecule has 0 N–H and O–H groups in total. The molecule has 1 aliphatic heterocycles. The van der Waals surface area contributed by atoms with Gasteiger partial charge in [-0.25, -0.2) is 0 Å². The lowest BCUT2D eigenvalue weighted by atomic mass is 9.65. The number of hydrogen-bond donors (Lipinski definition) is 0. The average molecular weight is 818 g/mol. The predicted octanol–water partition coefficient (Wildman–Crippen LogP) is 14.8. The summed E-state index contributed by atoms with van der Waals surface area (Å²) in [6, 6.07) is 33.7. The quantitative estimate of drug-likeness (QED) is 0.191. The first-order chi connectivity index (χ1) is 30.8. The van der Waals surface area contributed by atoms with Crippen molar-refractivity contribution in [1.82, 2.24) is 0 Å². The van der Waals surface area contributed by atoms with E-state index in [-0.39, 0.29) is 34.3 Å². The van der Waals surface area contributed by atoms with Crippen LogP contribution >= 0.6 is 0 Å². The number of ether oxygens (including phenoxy) is 1. The zero-order valence-electron chi connectivity index (χ0n) is 37.1. The standard InChI is InChI=1S/C61H55NO/c1-59(2)48-20-10-5-15-39(48)43-28-25-36(33-53(43)59)62(37-26-29-44-40-16-6-11-21-49(40)60(3,4)54(44)34-37)38-27-30-47-55(35-38)61(50-22-12-7-17-41(50)42-18-8-13-23-51(42)61)52-32-31-46-45-19-9-14-24-56(45)63-58(46)57(47)52/h5-7,9-11,13,15-17,19-21,23,25,27-28,30-35,37,44,46,58H,8,12,14,18,22,24,26,29H2,1-4H3. The highest BCUT2D eigenvalue weighted by Crippen LogP contribution is 2.67. The molecule has 63 heavy (non-hydrogen) atoms. The monoisotopic (exact) mass is 817 g/mol. The zero-order chi connectivity index (χ0) is 42.0. The molecule has 2 heteroatoms. The van der Waals surface area contributed by atoms with Crippen LogP contribution in [-0.4, -0.2) is 12.1 Å². The first-order valence-corrected chi connectivity index (χ1v) is 24.1. The topological polar surface area (TPSA) is 12.5 Å². The van der Waals surface area contributed by atoms with E-state index in [1.165, 1.54) is 89.5 Å². The Morgan fingerprint density at radius 1 is 0.619 bits per heavy atom. The number of nitrogens with zero attached hydrogens (tertiary/aromatic N) is 1. The van der Waals surface area contributed by atoms with Gasteiger partial charge in [-0.1, -0.05) is 149 Å². The normalized spacial score (nSPS) is 28.8. The minimum atomic E-state index is -0.324. The fourth-order valence-corrected chi connectivity index (χ4v) is 14.7. The van der Waals surface area contributed by atoms with Crippen LogP contribution in [-0.2, 0) is 21.0 Å². The van der Waals surface area contributed by atoms with Crippen molar-refractivity contribution in [3.8, 4) is 11.1 Å². The largest absolute Gasteiger partial charge is 0.489 e. The summed E-state index contributed by atoms with van der Waals surface area (Å²) in [4.78, 5) is 2.76. The van der Waals surface area contributed by atoms with Crippen molar-refractivity contribution in [2.45, 2.75) is 113 Å². The number of hydrogen-bond acceptors (Lipinski definition) is 2. The fourth-order valence-electron chi connectivity index (χ4n) is 14.7. The van der Waals surface area contributed by atoms with Crippen LogP contribution in [0.4, 0.5) is 11.4 Å². The Morgan fingerprint density at radius 3 is 2.24 bits per heavy atom. The highest BCUT2D eigenvalue weighted by Gasteiger charge is 2.58. The maximum Gasteiger partial charge on any atom is 0.135 e. The molecule has 1 spiro atoms. The van der Waals surface area contributed by atoms with Gasteiger partial charge >= 0.3 is 0 Å². The summed E-state index contributed by atoms with van der Waals surface area (Å²) in [5, 5.41) is 0. The van der Waals surface area contributed by atoms with E-state index in [0.717, 1.165) is 51.4 Å². The van der Waals surface area contributed by atoms with Gasteiger partial charge in [-0.05, 0) is 142 Å². The van der Waals surface area contributed by atoms with Crippen LogP contribution in [0.25, 0.3) is 16.7 Å². The van der Waals surface area contributed by atoms with E-state index in [0.29, 0.717) is 5.92 Å². The smallest absolute Gasteiger partial charge is 0.135 e. The van der Waals surface area contributed by atoms with E-state index in [1.807, 2.05) is 0 Å². The van der Waals surface area contributed by atoms with Crippen molar-refractivity contribution < 1.29 is 4.74 Å². The van der Waals surface area contributed by atoms with Gasteiger partial charge in [0.25, 0.3) is 0 Å². The molecule has 4 aromatic rings. The van der Waals surface area contributed by atoms with Crippen molar-refractivity contribution >= 4 is 16.9 Å². The van der Waals surface area contributed by atoms with Crippen LogP contribution in [0.2, 0.25) is 0 Å². The second-order valence-corrected chi connectivity index (χ2v) is 21.0. The highest BCUT2D eigenvalue weighted by atomic mass is 16.5. The van der Waals surface area contributed by atoms with Gasteiger partial charge in [0, 0.05) is 51.6 Å². The van der Waals surface area contributed by atoms with Crippen molar-refractivity contribution in [3.63, 3.8) is 0 Å². The Balaban J connectivity index is 0.993. The van der Waals surface area contributed by atoms with E-state index in [4.69, 9.17) is 4.74 Å². The van der Waals surface area contributed by atoms with Crippen LogP contribution in [0, 0.1) is 5.92 Å². The van der Waals surface area contributed by atoms with Crippen molar-refractivity contribution in [2.24, 2.45) is 5.92 Å². The molecule has 5 unspecified atom stereocenters. The Hall–Kier alpha value is -5.86. The van der Waals surface area contributed by atoms with Crippen molar-refractivity contribution in [1.29, 1.82) is 0 Å². The average Bonchev–Trinajstić information content (AvgIpc) is 4.06. The van der Waals surface area contributed by atoms with Gasteiger partial charge in [0.1, 0.15) is 11.9 Å². The molecule has 10 aliphatic rings. The molecule has 9 aliphatic carbocycles. The number of anilines is 2. The minimum Gasteiger partial charge on any atom is -0.489 e. The summed E-state index contributed by atoms with van der Waals surface area (Å²) in [6.07, 6.45) is 31.1. The molecule has 310 valence electrons. The predicted molar refractivity (Wildman–Crippen MR) is 258 cm³/mol. The zero-order valence-corrected chi connectivity index (χ0v) is 37.1. The molecule has 5 atom stereocenters. The molecule has 0 radical (unpaired) electrons. The summed E-state index contributed by atoms with van der Waals surface area (Å²) in [5.41, 5.74) is 25.8. The first-order valence-electron chi connectivity index (χ1n) is 24.1. The molecule has 0 fully saturated rings. The second kappa shape index (κ2) is 12.7. The third kappa shape index (κ3) is 4.60. The molecule has 0 aromatic heterocycles. The van der Waals surface area contributed by atoms with E-state index in [1.54, 1.807) is 16.7 Å². The molecule has 4 aromatic carbocycles. The SMILES string of the molecule is CC1(C)C2=CC(N(c3ccc4c(c3)C3(C5=C(CCC=C5)C5=C3CCC=C5)C3=C4C4OC5=C(C=CCC5)C4C=C3)c3ccc4c(c3)C(C)(C)c3ccccc3-4)CCC2c2ccccc21. The van der Waals surface area contributed by atoms with Gasteiger partial charge in [-0.15, -0.1) is 0 Å².